The van der Waals surface area contributed by atoms with Crippen LogP contribution in [0.3, 0.4) is 0 Å². The third-order valence-electron chi connectivity index (χ3n) is 14.7. The molecule has 0 radical (unpaired) electrons. The quantitative estimate of drug-likeness (QED) is 0.162. The van der Waals surface area contributed by atoms with Crippen LogP contribution in [0.25, 0.3) is 143 Å². The average Bonchev–Trinajstić information content (AvgIpc) is 4.22. The number of hydrogen-bond acceptors (Lipinski definition) is 4. The van der Waals surface area contributed by atoms with Crippen molar-refractivity contribution in [2.45, 2.75) is 13.8 Å². The summed E-state index contributed by atoms with van der Waals surface area (Å²) < 4.78 is 12.0. The number of hydrogen-bond donors (Lipinski definition) is 0. The summed E-state index contributed by atoms with van der Waals surface area (Å²) in [5, 5.41) is 23.8. The largest absolute Gasteiger partial charge is 0.316 e. The summed E-state index contributed by atoms with van der Waals surface area (Å²) >= 11 is 5.42. The molecule has 71 heavy (non-hydrogen) atoms. The Labute approximate surface area is 419 Å². The molecule has 0 aliphatic carbocycles. The molecule has 0 aliphatic heterocycles. The van der Waals surface area contributed by atoms with Crippen LogP contribution < -0.4 is 0 Å². The fraction of sp³-hybridized carbons (Fsp3) is 0.0312. The molecule has 7 heteroatoms. The summed E-state index contributed by atoms with van der Waals surface area (Å²) in [7, 11) is 0. The smallest absolute Gasteiger partial charge is 0.220 e. The summed E-state index contributed by atoms with van der Waals surface area (Å²) in [6.45, 7) is 13.8. The normalized spacial score (nSPS) is 12.1. The van der Waals surface area contributed by atoms with Crippen molar-refractivity contribution in [1.29, 1.82) is 5.26 Å². The van der Waals surface area contributed by atoms with Gasteiger partial charge in [0.2, 0.25) is 5.69 Å². The van der Waals surface area contributed by atoms with E-state index in [1.54, 1.807) is 11.3 Å². The predicted octanol–water partition coefficient (Wildman–Crippen LogP) is 19.4. The molecular weight excluding hydrogens is 921 g/mol. The Balaban J connectivity index is 1.28. The number of nitriles is 1. The lowest BCUT2D eigenvalue weighted by atomic mass is 9.88. The van der Waals surface area contributed by atoms with Crippen LogP contribution in [0.15, 0.2) is 182 Å². The summed E-state index contributed by atoms with van der Waals surface area (Å²) in [6, 6.07) is 68.3. The Morgan fingerprint density at radius 1 is 0.423 bits per heavy atom. The van der Waals surface area contributed by atoms with Gasteiger partial charge in [-0.2, -0.15) is 5.26 Å². The number of aryl methyl sites for hydroxylation is 2. The van der Waals surface area contributed by atoms with E-state index in [2.05, 4.69) is 211 Å². The van der Waals surface area contributed by atoms with Crippen molar-refractivity contribution >= 4 is 144 Å². The van der Waals surface area contributed by atoms with Gasteiger partial charge in [-0.25, -0.2) is 4.85 Å². The van der Waals surface area contributed by atoms with Gasteiger partial charge in [0.1, 0.15) is 6.07 Å². The standard InChI is InChI=1S/C64H36N4S3/c1-35-14-12-16-37(32-35)54-49(34-65)57(67-50-22-8-4-18-39(50)43-26-29-46-40-19-5-9-23-51(40)69-62(46)58(43)67)55(38-17-13-15-36(2)33-38)61(56(54)66-3)68-59-44(27-30-47-41-20-6-10-24-52(41)70-63(47)59)45-28-31-48-42-21-7-11-25-53(42)71-64(48)60(45)68/h4-33H,1-2H3. The SMILES string of the molecule is [C-]#[N+]c1c(-c2cccc(C)c2)c(C#N)c(-n2c3ccccc3c3ccc4c5ccccc5sc4c32)c(-c2cccc(C)c2)c1-n1c2c(ccc3c4ccccc4sc32)c2ccc3c4ccccc4sc3c21. The summed E-state index contributed by atoms with van der Waals surface area (Å²) in [5.74, 6) is 0. The van der Waals surface area contributed by atoms with Crippen molar-refractivity contribution in [2.24, 2.45) is 0 Å². The third kappa shape index (κ3) is 5.51. The molecule has 0 bridgehead atoms. The molecule has 10 aromatic carbocycles. The first-order chi connectivity index (χ1) is 35.0. The summed E-state index contributed by atoms with van der Waals surface area (Å²) in [5.41, 5.74) is 11.9. The Morgan fingerprint density at radius 2 is 0.845 bits per heavy atom. The van der Waals surface area contributed by atoms with Crippen molar-refractivity contribution < 1.29 is 0 Å². The van der Waals surface area contributed by atoms with Crippen LogP contribution in [0.5, 0.6) is 0 Å². The van der Waals surface area contributed by atoms with Crippen LogP contribution in [-0.2, 0) is 0 Å². The van der Waals surface area contributed by atoms with E-state index in [-0.39, 0.29) is 0 Å². The monoisotopic (exact) mass is 956 g/mol. The molecule has 0 amide bonds. The van der Waals surface area contributed by atoms with Gasteiger partial charge < -0.3 is 9.13 Å². The fourth-order valence-electron chi connectivity index (χ4n) is 11.8. The van der Waals surface area contributed by atoms with Gasteiger partial charge in [-0.05, 0) is 49.2 Å². The molecule has 0 N–H and O–H groups in total. The van der Waals surface area contributed by atoms with E-state index in [0.717, 1.165) is 96.9 Å². The average molecular weight is 957 g/mol. The van der Waals surface area contributed by atoms with E-state index in [1.807, 2.05) is 22.7 Å². The maximum absolute atomic E-state index is 12.2. The minimum atomic E-state index is 0.440. The Bertz CT molecular complexity index is 4810. The highest BCUT2D eigenvalue weighted by Gasteiger charge is 2.33. The zero-order chi connectivity index (χ0) is 47.2. The molecule has 4 nitrogen and oxygen atoms in total. The van der Waals surface area contributed by atoms with Crippen LogP contribution >= 0.6 is 34.0 Å². The van der Waals surface area contributed by atoms with Crippen molar-refractivity contribution in [3.63, 3.8) is 0 Å². The van der Waals surface area contributed by atoms with Crippen LogP contribution in [0.2, 0.25) is 0 Å². The zero-order valence-electron chi connectivity index (χ0n) is 38.3. The second-order valence-electron chi connectivity index (χ2n) is 18.6. The van der Waals surface area contributed by atoms with Gasteiger partial charge in [-0.1, -0.05) is 169 Å². The maximum atomic E-state index is 12.2. The summed E-state index contributed by atoms with van der Waals surface area (Å²) in [4.78, 5) is 4.71. The first-order valence-corrected chi connectivity index (χ1v) is 26.1. The third-order valence-corrected chi connectivity index (χ3v) is 18.2. The Kier molecular flexibility index (Phi) is 8.51. The van der Waals surface area contributed by atoms with E-state index in [9.17, 15) is 11.8 Å². The van der Waals surface area contributed by atoms with Gasteiger partial charge in [0, 0.05) is 79.1 Å². The lowest BCUT2D eigenvalue weighted by molar-refractivity contribution is 1.14. The maximum Gasteiger partial charge on any atom is 0.220 e. The molecule has 5 aromatic heterocycles. The number of fused-ring (bicyclic) bond motifs is 18. The molecule has 0 saturated heterocycles. The van der Waals surface area contributed by atoms with Gasteiger partial charge >= 0.3 is 0 Å². The highest BCUT2D eigenvalue weighted by molar-refractivity contribution is 7.27. The van der Waals surface area contributed by atoms with E-state index >= 15 is 0 Å². The number of nitrogens with zero attached hydrogens (tertiary/aromatic N) is 4. The van der Waals surface area contributed by atoms with Crippen LogP contribution in [0, 0.1) is 31.8 Å². The fourth-order valence-corrected chi connectivity index (χ4v) is 15.5. The van der Waals surface area contributed by atoms with Gasteiger partial charge in [0.05, 0.1) is 59.7 Å². The second-order valence-corrected chi connectivity index (χ2v) is 21.8. The Morgan fingerprint density at radius 3 is 1.32 bits per heavy atom. The molecule has 330 valence electrons. The molecular formula is C64H36N4S3. The van der Waals surface area contributed by atoms with E-state index in [0.29, 0.717) is 16.8 Å². The molecule has 0 aliphatic rings. The van der Waals surface area contributed by atoms with Crippen molar-refractivity contribution in [2.75, 3.05) is 0 Å². The molecule has 0 saturated carbocycles. The van der Waals surface area contributed by atoms with Gasteiger partial charge in [0.25, 0.3) is 0 Å². The lowest BCUT2D eigenvalue weighted by Gasteiger charge is -2.26. The predicted molar refractivity (Wildman–Crippen MR) is 305 cm³/mol. The Hall–Kier alpha value is -8.56. The van der Waals surface area contributed by atoms with Gasteiger partial charge in [-0.15, -0.1) is 34.0 Å². The van der Waals surface area contributed by atoms with E-state index < -0.39 is 0 Å². The van der Waals surface area contributed by atoms with Crippen molar-refractivity contribution in [1.82, 2.24) is 9.13 Å². The minimum Gasteiger partial charge on any atom is -0.316 e. The summed E-state index contributed by atoms with van der Waals surface area (Å²) in [6.07, 6.45) is 0. The molecule has 15 aromatic rings. The van der Waals surface area contributed by atoms with Crippen molar-refractivity contribution in [3.05, 3.63) is 210 Å². The lowest BCUT2D eigenvalue weighted by Crippen LogP contribution is -2.09. The number of aromatic nitrogens is 2. The highest BCUT2D eigenvalue weighted by Crippen LogP contribution is 2.56. The minimum absolute atomic E-state index is 0.440. The molecule has 0 spiro atoms. The molecule has 5 heterocycles. The molecule has 15 rings (SSSR count). The number of thiophene rings is 3. The van der Waals surface area contributed by atoms with Crippen LogP contribution in [0.4, 0.5) is 5.69 Å². The van der Waals surface area contributed by atoms with Crippen LogP contribution in [0.1, 0.15) is 16.7 Å². The topological polar surface area (TPSA) is 38.0 Å². The van der Waals surface area contributed by atoms with E-state index in [1.165, 1.54) is 46.4 Å². The van der Waals surface area contributed by atoms with Gasteiger partial charge in [0.15, 0.2) is 0 Å². The highest BCUT2D eigenvalue weighted by atomic mass is 32.1. The van der Waals surface area contributed by atoms with Gasteiger partial charge in [-0.3, -0.25) is 0 Å². The first kappa shape index (κ1) is 40.3. The molecule has 0 unspecified atom stereocenters. The number of benzene rings is 10. The number of rotatable bonds is 4. The number of para-hydroxylation sites is 1. The van der Waals surface area contributed by atoms with Crippen LogP contribution in [-0.4, -0.2) is 9.13 Å². The molecule has 0 fully saturated rings. The first-order valence-electron chi connectivity index (χ1n) is 23.7. The second kappa shape index (κ2) is 15.0. The van der Waals surface area contributed by atoms with Crippen molar-refractivity contribution in [3.8, 4) is 39.7 Å². The molecule has 0 atom stereocenters. The zero-order valence-corrected chi connectivity index (χ0v) is 40.8. The van der Waals surface area contributed by atoms with E-state index in [4.69, 9.17) is 4.85 Å².